The van der Waals surface area contributed by atoms with Crippen LogP contribution in [0.1, 0.15) is 44.2 Å². The third-order valence-electron chi connectivity index (χ3n) is 2.95. The molecule has 0 aromatic carbocycles. The smallest absolute Gasteiger partial charge is 0.132 e. The summed E-state index contributed by atoms with van der Waals surface area (Å²) < 4.78 is 1.95. The summed E-state index contributed by atoms with van der Waals surface area (Å²) in [5.74, 6) is 0.927. The Labute approximate surface area is 84.1 Å². The van der Waals surface area contributed by atoms with Gasteiger partial charge in [0.1, 0.15) is 5.78 Å². The standard InChI is InChI=1S/C11H16N2O/c1-2-13-8-7-11(12-13)9-3-5-10(14)6-4-9/h7-9H,2-6H2,1H3. The van der Waals surface area contributed by atoms with Crippen molar-refractivity contribution in [3.8, 4) is 0 Å². The van der Waals surface area contributed by atoms with Crippen LogP contribution in [0.2, 0.25) is 0 Å². The zero-order valence-electron chi connectivity index (χ0n) is 8.57. The van der Waals surface area contributed by atoms with Crippen LogP contribution in [-0.2, 0) is 11.3 Å². The van der Waals surface area contributed by atoms with E-state index in [1.165, 1.54) is 5.69 Å². The molecule has 0 atom stereocenters. The molecule has 3 heteroatoms. The van der Waals surface area contributed by atoms with Crippen molar-refractivity contribution < 1.29 is 4.79 Å². The Kier molecular flexibility index (Phi) is 2.66. The third-order valence-corrected chi connectivity index (χ3v) is 2.95. The molecule has 76 valence electrons. The molecule has 0 radical (unpaired) electrons. The van der Waals surface area contributed by atoms with Crippen molar-refractivity contribution in [1.82, 2.24) is 9.78 Å². The topological polar surface area (TPSA) is 34.9 Å². The number of ketones is 1. The first-order valence-corrected chi connectivity index (χ1v) is 5.34. The Balaban J connectivity index is 2.04. The van der Waals surface area contributed by atoms with Gasteiger partial charge in [0.05, 0.1) is 5.69 Å². The van der Waals surface area contributed by atoms with Crippen LogP contribution in [0.4, 0.5) is 0 Å². The van der Waals surface area contributed by atoms with Crippen molar-refractivity contribution in [3.63, 3.8) is 0 Å². The fourth-order valence-electron chi connectivity index (χ4n) is 2.01. The lowest BCUT2D eigenvalue weighted by atomic mass is 9.86. The Morgan fingerprint density at radius 3 is 2.79 bits per heavy atom. The van der Waals surface area contributed by atoms with Gasteiger partial charge in [-0.15, -0.1) is 0 Å². The van der Waals surface area contributed by atoms with E-state index < -0.39 is 0 Å². The number of aromatic nitrogens is 2. The molecule has 0 spiro atoms. The molecule has 14 heavy (non-hydrogen) atoms. The molecule has 1 aromatic heterocycles. The molecule has 0 amide bonds. The SMILES string of the molecule is CCn1ccc(C2CCC(=O)CC2)n1. The van der Waals surface area contributed by atoms with Crippen LogP contribution in [0.3, 0.4) is 0 Å². The van der Waals surface area contributed by atoms with E-state index in [0.717, 1.165) is 32.2 Å². The molecule has 0 aliphatic heterocycles. The number of rotatable bonds is 2. The number of nitrogens with zero attached hydrogens (tertiary/aromatic N) is 2. The van der Waals surface area contributed by atoms with E-state index in [-0.39, 0.29) is 0 Å². The summed E-state index contributed by atoms with van der Waals surface area (Å²) >= 11 is 0. The van der Waals surface area contributed by atoms with Gasteiger partial charge in [-0.25, -0.2) is 0 Å². The Bertz CT molecular complexity index is 320. The molecule has 1 aliphatic carbocycles. The molecule has 1 aliphatic rings. The second kappa shape index (κ2) is 3.95. The Hall–Kier alpha value is -1.12. The Morgan fingerprint density at radius 1 is 1.50 bits per heavy atom. The van der Waals surface area contributed by atoms with E-state index in [2.05, 4.69) is 18.1 Å². The van der Waals surface area contributed by atoms with Gasteiger partial charge in [0, 0.05) is 31.5 Å². The average molecular weight is 192 g/mol. The lowest BCUT2D eigenvalue weighted by Gasteiger charge is -2.18. The number of Topliss-reactive ketones (excluding diaryl/α,β-unsaturated/α-hetero) is 1. The molecule has 1 aromatic rings. The van der Waals surface area contributed by atoms with Crippen molar-refractivity contribution in [1.29, 1.82) is 0 Å². The normalized spacial score (nSPS) is 18.8. The summed E-state index contributed by atoms with van der Waals surface area (Å²) in [5.41, 5.74) is 1.17. The summed E-state index contributed by atoms with van der Waals surface area (Å²) in [4.78, 5) is 11.1. The lowest BCUT2D eigenvalue weighted by Crippen LogP contribution is -2.13. The van der Waals surface area contributed by atoms with Crippen LogP contribution in [0.25, 0.3) is 0 Å². The maximum atomic E-state index is 11.1. The van der Waals surface area contributed by atoms with E-state index in [9.17, 15) is 4.79 Å². The lowest BCUT2D eigenvalue weighted by molar-refractivity contribution is -0.120. The zero-order valence-corrected chi connectivity index (χ0v) is 8.57. The summed E-state index contributed by atoms with van der Waals surface area (Å²) in [6.07, 6.45) is 5.47. The van der Waals surface area contributed by atoms with Crippen LogP contribution in [-0.4, -0.2) is 15.6 Å². The number of carbonyl (C=O) groups is 1. The van der Waals surface area contributed by atoms with Crippen LogP contribution >= 0.6 is 0 Å². The predicted molar refractivity (Wildman–Crippen MR) is 54.1 cm³/mol. The van der Waals surface area contributed by atoms with Crippen molar-refractivity contribution in [3.05, 3.63) is 18.0 Å². The Morgan fingerprint density at radius 2 is 2.21 bits per heavy atom. The van der Waals surface area contributed by atoms with Crippen LogP contribution < -0.4 is 0 Å². The van der Waals surface area contributed by atoms with Gasteiger partial charge in [0.15, 0.2) is 0 Å². The number of aryl methyl sites for hydroxylation is 1. The van der Waals surface area contributed by atoms with E-state index >= 15 is 0 Å². The van der Waals surface area contributed by atoms with Crippen LogP contribution in [0, 0.1) is 0 Å². The fraction of sp³-hybridized carbons (Fsp3) is 0.636. The molecule has 1 saturated carbocycles. The monoisotopic (exact) mass is 192 g/mol. The van der Waals surface area contributed by atoms with Gasteiger partial charge in [-0.1, -0.05) is 0 Å². The zero-order chi connectivity index (χ0) is 9.97. The molecular formula is C11H16N2O. The van der Waals surface area contributed by atoms with E-state index in [1.54, 1.807) is 0 Å². The van der Waals surface area contributed by atoms with Crippen LogP contribution in [0.5, 0.6) is 0 Å². The van der Waals surface area contributed by atoms with Gasteiger partial charge in [-0.3, -0.25) is 9.48 Å². The van der Waals surface area contributed by atoms with Gasteiger partial charge in [-0.2, -0.15) is 5.10 Å². The second-order valence-corrected chi connectivity index (χ2v) is 3.91. The highest BCUT2D eigenvalue weighted by Crippen LogP contribution is 2.29. The highest BCUT2D eigenvalue weighted by Gasteiger charge is 2.21. The minimum absolute atomic E-state index is 0.413. The van der Waals surface area contributed by atoms with Crippen molar-refractivity contribution in [2.75, 3.05) is 0 Å². The molecule has 0 unspecified atom stereocenters. The highest BCUT2D eigenvalue weighted by atomic mass is 16.1. The maximum absolute atomic E-state index is 11.1. The average Bonchev–Trinajstić information content (AvgIpc) is 2.67. The molecule has 1 fully saturated rings. The van der Waals surface area contributed by atoms with Crippen molar-refractivity contribution in [2.24, 2.45) is 0 Å². The van der Waals surface area contributed by atoms with Crippen molar-refractivity contribution in [2.45, 2.75) is 45.1 Å². The third kappa shape index (κ3) is 1.86. The maximum Gasteiger partial charge on any atom is 0.132 e. The summed E-state index contributed by atoms with van der Waals surface area (Å²) in [6, 6.07) is 2.09. The minimum atomic E-state index is 0.413. The van der Waals surface area contributed by atoms with Gasteiger partial charge in [0.25, 0.3) is 0 Å². The van der Waals surface area contributed by atoms with Gasteiger partial charge >= 0.3 is 0 Å². The second-order valence-electron chi connectivity index (χ2n) is 3.91. The quantitative estimate of drug-likeness (QED) is 0.719. The molecule has 0 saturated heterocycles. The van der Waals surface area contributed by atoms with E-state index in [1.807, 2.05) is 10.9 Å². The van der Waals surface area contributed by atoms with Crippen molar-refractivity contribution >= 4 is 5.78 Å². The minimum Gasteiger partial charge on any atom is -0.300 e. The summed E-state index contributed by atoms with van der Waals surface area (Å²) in [7, 11) is 0. The molecule has 3 nitrogen and oxygen atoms in total. The first kappa shape index (κ1) is 9.44. The highest BCUT2D eigenvalue weighted by molar-refractivity contribution is 5.79. The molecule has 2 rings (SSSR count). The number of hydrogen-bond donors (Lipinski definition) is 0. The predicted octanol–water partition coefficient (Wildman–Crippen LogP) is 2.13. The van der Waals surface area contributed by atoms with Gasteiger partial charge in [-0.05, 0) is 25.8 Å². The number of hydrogen-bond acceptors (Lipinski definition) is 2. The van der Waals surface area contributed by atoms with E-state index in [4.69, 9.17) is 0 Å². The van der Waals surface area contributed by atoms with Gasteiger partial charge < -0.3 is 0 Å². The molecule has 0 bridgehead atoms. The van der Waals surface area contributed by atoms with E-state index in [0.29, 0.717) is 11.7 Å². The number of carbonyl (C=O) groups excluding carboxylic acids is 1. The van der Waals surface area contributed by atoms with Crippen LogP contribution in [0.15, 0.2) is 12.3 Å². The first-order valence-electron chi connectivity index (χ1n) is 5.34. The van der Waals surface area contributed by atoms with Gasteiger partial charge in [0.2, 0.25) is 0 Å². The summed E-state index contributed by atoms with van der Waals surface area (Å²) in [5, 5.41) is 4.48. The first-order chi connectivity index (χ1) is 6.79. The fourth-order valence-corrected chi connectivity index (χ4v) is 2.01. The molecule has 0 N–H and O–H groups in total. The molecule has 1 heterocycles. The summed E-state index contributed by atoms with van der Waals surface area (Å²) in [6.45, 7) is 3.01. The molecular weight excluding hydrogens is 176 g/mol. The largest absolute Gasteiger partial charge is 0.300 e.